The summed E-state index contributed by atoms with van der Waals surface area (Å²) in [4.78, 5) is 55.8. The van der Waals surface area contributed by atoms with Gasteiger partial charge < -0.3 is 40.8 Å². The molecule has 1 heterocycles. The van der Waals surface area contributed by atoms with Crippen LogP contribution in [0.2, 0.25) is 0 Å². The van der Waals surface area contributed by atoms with Crippen molar-refractivity contribution in [3.8, 4) is 11.5 Å². The van der Waals surface area contributed by atoms with Gasteiger partial charge in [0.2, 0.25) is 0 Å². The second-order valence-corrected chi connectivity index (χ2v) is 9.84. The molecule has 0 bridgehead atoms. The number of fused-ring (bicyclic) bond motifs is 2. The van der Waals surface area contributed by atoms with Crippen molar-refractivity contribution >= 4 is 35.5 Å². The minimum Gasteiger partial charge on any atom is -0.489 e. The Morgan fingerprint density at radius 1 is 1.02 bits per heavy atom. The summed E-state index contributed by atoms with van der Waals surface area (Å²) in [6, 6.07) is 16.6. The van der Waals surface area contributed by atoms with E-state index in [9.17, 15) is 29.4 Å². The van der Waals surface area contributed by atoms with E-state index in [2.05, 4.69) is 4.99 Å². The number of hydrogen-bond acceptors (Lipinski definition) is 8. The van der Waals surface area contributed by atoms with E-state index >= 15 is 0 Å². The number of ether oxygens (including phenoxy) is 3. The second kappa shape index (κ2) is 14.6. The average molecular weight is 605 g/mol. The minimum absolute atomic E-state index is 0.0626. The van der Waals surface area contributed by atoms with Crippen LogP contribution in [-0.4, -0.2) is 70.7 Å². The number of nitrogens with zero attached hydrogens (tertiary/aromatic N) is 2. The molecular weight excluding hydrogens is 572 g/mol. The van der Waals surface area contributed by atoms with Gasteiger partial charge in [0.1, 0.15) is 6.04 Å². The maximum Gasteiger partial charge on any atom is 0.343 e. The van der Waals surface area contributed by atoms with Gasteiger partial charge in [-0.05, 0) is 54.3 Å². The number of amides is 1. The van der Waals surface area contributed by atoms with E-state index < -0.39 is 36.3 Å². The molecule has 1 unspecified atom stereocenters. The van der Waals surface area contributed by atoms with Crippen molar-refractivity contribution in [3.63, 3.8) is 0 Å². The van der Waals surface area contributed by atoms with Crippen LogP contribution in [0.15, 0.2) is 71.7 Å². The van der Waals surface area contributed by atoms with E-state index in [4.69, 9.17) is 25.7 Å². The lowest BCUT2D eigenvalue weighted by Gasteiger charge is -2.29. The lowest BCUT2D eigenvalue weighted by Crippen LogP contribution is -2.48. The summed E-state index contributed by atoms with van der Waals surface area (Å²) in [5.74, 6) is -4.70. The summed E-state index contributed by atoms with van der Waals surface area (Å²) in [6.07, 6.45) is -0.0150. The standard InChI is InChI=1S/C31H32N4O9/c32-31(33)34-21-11-12-22-20(16-21)8-5-14-43-27-23(9-4-10-25(27)44-30(22)41)28(38)35(24(29(39)40)17-26(36)37)13-15-42-18-19-6-2-1-3-7-19/h1-4,6-7,9-12,16,24H,5,8,13-15,17-18H2,(H,36,37)(H,39,40)(H4,32,33,34). The molecule has 13 nitrogen and oxygen atoms in total. The van der Waals surface area contributed by atoms with Gasteiger partial charge in [-0.2, -0.15) is 0 Å². The van der Waals surface area contributed by atoms with Crippen molar-refractivity contribution in [2.75, 3.05) is 19.8 Å². The van der Waals surface area contributed by atoms with Crippen LogP contribution in [0.4, 0.5) is 5.69 Å². The smallest absolute Gasteiger partial charge is 0.343 e. The molecule has 3 aromatic carbocycles. The molecule has 13 heteroatoms. The molecule has 3 aromatic rings. The van der Waals surface area contributed by atoms with Gasteiger partial charge in [-0.3, -0.25) is 9.59 Å². The van der Waals surface area contributed by atoms with Gasteiger partial charge in [0.15, 0.2) is 17.5 Å². The van der Waals surface area contributed by atoms with E-state index in [1.165, 1.54) is 24.3 Å². The zero-order chi connectivity index (χ0) is 31.6. The predicted octanol–water partition coefficient (Wildman–Crippen LogP) is 2.72. The second-order valence-electron chi connectivity index (χ2n) is 9.84. The number of carboxylic acids is 2. The Hall–Kier alpha value is -5.43. The highest BCUT2D eigenvalue weighted by molar-refractivity contribution is 6.01. The first-order chi connectivity index (χ1) is 21.1. The van der Waals surface area contributed by atoms with Crippen LogP contribution in [0, 0.1) is 0 Å². The lowest BCUT2D eigenvalue weighted by atomic mass is 10.0. The fourth-order valence-electron chi connectivity index (χ4n) is 4.69. The van der Waals surface area contributed by atoms with E-state index in [0.29, 0.717) is 24.1 Å². The number of nitrogens with two attached hydrogens (primary N) is 2. The van der Waals surface area contributed by atoms with Crippen molar-refractivity contribution in [1.82, 2.24) is 4.90 Å². The van der Waals surface area contributed by atoms with Gasteiger partial charge in [-0.1, -0.05) is 36.4 Å². The normalized spacial score (nSPS) is 13.2. The first-order valence-corrected chi connectivity index (χ1v) is 13.7. The minimum atomic E-state index is -1.70. The monoisotopic (exact) mass is 604 g/mol. The summed E-state index contributed by atoms with van der Waals surface area (Å²) in [5, 5.41) is 19.3. The van der Waals surface area contributed by atoms with Crippen LogP contribution in [0.25, 0.3) is 0 Å². The van der Waals surface area contributed by atoms with E-state index in [1.807, 2.05) is 30.3 Å². The summed E-state index contributed by atoms with van der Waals surface area (Å²) in [6.45, 7) is 0.00510. The molecule has 0 spiro atoms. The van der Waals surface area contributed by atoms with Crippen molar-refractivity contribution in [3.05, 3.63) is 89.0 Å². The highest BCUT2D eigenvalue weighted by Crippen LogP contribution is 2.35. The van der Waals surface area contributed by atoms with Crippen LogP contribution >= 0.6 is 0 Å². The molecule has 0 aromatic heterocycles. The van der Waals surface area contributed by atoms with Gasteiger partial charge in [0, 0.05) is 6.54 Å². The Labute approximate surface area is 252 Å². The molecule has 230 valence electrons. The molecule has 1 aliphatic rings. The molecule has 1 amide bonds. The summed E-state index contributed by atoms with van der Waals surface area (Å²) in [5.41, 5.74) is 13.1. The Balaban J connectivity index is 1.63. The molecule has 0 aliphatic carbocycles. The third kappa shape index (κ3) is 8.10. The fourth-order valence-corrected chi connectivity index (χ4v) is 4.69. The summed E-state index contributed by atoms with van der Waals surface area (Å²) >= 11 is 0. The summed E-state index contributed by atoms with van der Waals surface area (Å²) in [7, 11) is 0. The lowest BCUT2D eigenvalue weighted by molar-refractivity contribution is -0.149. The van der Waals surface area contributed by atoms with E-state index in [-0.39, 0.29) is 55.0 Å². The summed E-state index contributed by atoms with van der Waals surface area (Å²) < 4.78 is 17.3. The fraction of sp³-hybridized carbons (Fsp3) is 0.258. The number of aliphatic imine (C=N–C) groups is 1. The van der Waals surface area contributed by atoms with Gasteiger partial charge >= 0.3 is 17.9 Å². The average Bonchev–Trinajstić information content (AvgIpc) is 2.98. The number of carboxylic acid groups (broad SMARTS) is 2. The molecule has 44 heavy (non-hydrogen) atoms. The van der Waals surface area contributed by atoms with E-state index in [1.54, 1.807) is 12.1 Å². The number of rotatable bonds is 11. The van der Waals surface area contributed by atoms with Gasteiger partial charge in [-0.25, -0.2) is 14.6 Å². The molecule has 1 aliphatic heterocycles. The Bertz CT molecular complexity index is 1550. The van der Waals surface area contributed by atoms with Crippen LogP contribution in [0.5, 0.6) is 11.5 Å². The highest BCUT2D eigenvalue weighted by Gasteiger charge is 2.34. The molecule has 0 radical (unpaired) electrons. The van der Waals surface area contributed by atoms with Gasteiger partial charge in [-0.15, -0.1) is 0 Å². The third-order valence-corrected chi connectivity index (χ3v) is 6.69. The third-order valence-electron chi connectivity index (χ3n) is 6.69. The number of carbonyl (C=O) groups excluding carboxylic acids is 2. The largest absolute Gasteiger partial charge is 0.489 e. The Morgan fingerprint density at radius 3 is 2.50 bits per heavy atom. The number of carbonyl (C=O) groups is 4. The topological polar surface area (TPSA) is 204 Å². The molecule has 0 fully saturated rings. The van der Waals surface area contributed by atoms with Crippen molar-refractivity contribution in [2.45, 2.75) is 31.9 Å². The number of esters is 1. The number of aryl methyl sites for hydroxylation is 1. The Morgan fingerprint density at radius 2 is 1.80 bits per heavy atom. The highest BCUT2D eigenvalue weighted by atomic mass is 16.6. The first kappa shape index (κ1) is 31.5. The van der Waals surface area contributed by atoms with Gasteiger partial charge in [0.25, 0.3) is 5.91 Å². The van der Waals surface area contributed by atoms with Crippen LogP contribution in [0.1, 0.15) is 44.7 Å². The zero-order valence-corrected chi connectivity index (χ0v) is 23.7. The zero-order valence-electron chi connectivity index (χ0n) is 23.7. The van der Waals surface area contributed by atoms with Crippen molar-refractivity contribution in [2.24, 2.45) is 16.5 Å². The first-order valence-electron chi connectivity index (χ1n) is 13.7. The SMILES string of the molecule is NC(N)=Nc1ccc2c(c1)CCCOc1c(cccc1C(=O)N(CCOCc1ccccc1)C(CC(=O)O)C(=O)O)OC2=O. The molecule has 1 atom stereocenters. The number of hydrogen-bond donors (Lipinski definition) is 4. The molecular formula is C31H32N4O9. The molecule has 0 saturated carbocycles. The molecule has 0 saturated heterocycles. The van der Waals surface area contributed by atoms with Crippen LogP contribution in [-0.2, 0) is 27.4 Å². The molecule has 6 N–H and O–H groups in total. The maximum atomic E-state index is 13.9. The Kier molecular flexibility index (Phi) is 10.5. The number of benzene rings is 3. The van der Waals surface area contributed by atoms with E-state index in [0.717, 1.165) is 10.5 Å². The van der Waals surface area contributed by atoms with Crippen LogP contribution < -0.4 is 20.9 Å². The number of para-hydroxylation sites is 1. The maximum absolute atomic E-state index is 13.9. The van der Waals surface area contributed by atoms with Crippen LogP contribution in [0.3, 0.4) is 0 Å². The quantitative estimate of drug-likeness (QED) is 0.0823. The number of aliphatic carboxylic acids is 2. The number of guanidine groups is 1. The predicted molar refractivity (Wildman–Crippen MR) is 158 cm³/mol. The van der Waals surface area contributed by atoms with Crippen molar-refractivity contribution < 1.29 is 43.6 Å². The van der Waals surface area contributed by atoms with Crippen molar-refractivity contribution in [1.29, 1.82) is 0 Å². The molecule has 4 rings (SSSR count). The van der Waals surface area contributed by atoms with Gasteiger partial charge in [0.05, 0.1) is 43.1 Å².